The van der Waals surface area contributed by atoms with E-state index in [1.807, 2.05) is 0 Å². The summed E-state index contributed by atoms with van der Waals surface area (Å²) in [5.41, 5.74) is 3.09. The Labute approximate surface area is 93.4 Å². The highest BCUT2D eigenvalue weighted by atomic mass is 19.5. The zero-order valence-corrected chi connectivity index (χ0v) is 8.83. The molecule has 0 saturated carbocycles. The smallest absolute Gasteiger partial charge is 0.418 e. The predicted octanol–water partition coefficient (Wildman–Crippen LogP) is -0.356. The molecule has 0 spiro atoms. The Morgan fingerprint density at radius 1 is 1.24 bits per heavy atom. The fourth-order valence-corrected chi connectivity index (χ4v) is 1.01. The van der Waals surface area contributed by atoms with Crippen molar-refractivity contribution in [2.75, 3.05) is 7.05 Å². The van der Waals surface area contributed by atoms with Crippen LogP contribution >= 0.6 is 0 Å². The van der Waals surface area contributed by atoms with E-state index in [-0.39, 0.29) is 24.7 Å². The SMILES string of the molecule is CN(C([NH3+])=O)N1C(=O)CCC1=O.F[B-](F)(F)F. The van der Waals surface area contributed by atoms with Gasteiger partial charge in [0.2, 0.25) is 11.8 Å². The number of hydrogen-bond donors (Lipinski definition) is 1. The van der Waals surface area contributed by atoms with E-state index in [1.54, 1.807) is 0 Å². The Bertz CT molecular complexity index is 313. The van der Waals surface area contributed by atoms with Crippen LogP contribution in [0, 0.1) is 0 Å². The summed E-state index contributed by atoms with van der Waals surface area (Å²) in [6, 6.07) is -0.571. The number of amides is 4. The van der Waals surface area contributed by atoms with Gasteiger partial charge in [0.25, 0.3) is 0 Å². The van der Waals surface area contributed by atoms with Crippen LogP contribution in [0.3, 0.4) is 0 Å². The Balaban J connectivity index is 0.000000437. The van der Waals surface area contributed by atoms with Gasteiger partial charge >= 0.3 is 13.3 Å². The third-order valence-corrected chi connectivity index (χ3v) is 1.69. The van der Waals surface area contributed by atoms with Crippen LogP contribution in [0.1, 0.15) is 12.8 Å². The van der Waals surface area contributed by atoms with Crippen LogP contribution in [0.15, 0.2) is 0 Å². The monoisotopic (exact) mass is 259 g/mol. The number of rotatable bonds is 1. The van der Waals surface area contributed by atoms with Crippen LogP contribution in [-0.4, -0.2) is 42.2 Å². The molecular formula is C6H10BF4N3O3. The highest BCUT2D eigenvalue weighted by Crippen LogP contribution is 2.12. The van der Waals surface area contributed by atoms with Gasteiger partial charge in [-0.05, 0) is 0 Å². The number of hydrogen-bond acceptors (Lipinski definition) is 3. The van der Waals surface area contributed by atoms with Crippen LogP contribution in [0.4, 0.5) is 22.1 Å². The first kappa shape index (κ1) is 15.4. The molecule has 98 valence electrons. The predicted molar refractivity (Wildman–Crippen MR) is 47.3 cm³/mol. The third-order valence-electron chi connectivity index (χ3n) is 1.69. The van der Waals surface area contributed by atoms with Crippen molar-refractivity contribution >= 4 is 25.1 Å². The van der Waals surface area contributed by atoms with Crippen molar-refractivity contribution < 1.29 is 37.4 Å². The molecule has 0 bridgehead atoms. The van der Waals surface area contributed by atoms with E-state index < -0.39 is 13.3 Å². The van der Waals surface area contributed by atoms with E-state index in [9.17, 15) is 31.6 Å². The number of imide groups is 1. The Hall–Kier alpha value is -1.65. The van der Waals surface area contributed by atoms with Gasteiger partial charge in [0.1, 0.15) is 0 Å². The largest absolute Gasteiger partial charge is 0.673 e. The molecule has 0 unspecified atom stereocenters. The standard InChI is InChI=1S/C6H9N3O3.BF4/c1-8(6(7)12)9-4(10)2-3-5(9)11;2-1(3,4)5/h2-3H2,1H3,(H2,7,12);/q;-1/p+1. The molecule has 6 nitrogen and oxygen atoms in total. The zero-order valence-electron chi connectivity index (χ0n) is 8.83. The van der Waals surface area contributed by atoms with E-state index in [0.717, 1.165) is 10.0 Å². The Kier molecular flexibility index (Phi) is 5.07. The molecule has 0 aromatic heterocycles. The summed E-state index contributed by atoms with van der Waals surface area (Å²) in [6.07, 6.45) is 0.354. The maximum Gasteiger partial charge on any atom is 0.673 e. The fraction of sp³-hybridized carbons (Fsp3) is 0.500. The van der Waals surface area contributed by atoms with Gasteiger partial charge in [-0.1, -0.05) is 0 Å². The zero-order chi connectivity index (χ0) is 13.8. The second kappa shape index (κ2) is 5.61. The molecule has 0 aromatic rings. The molecule has 1 rings (SSSR count). The van der Waals surface area contributed by atoms with Crippen molar-refractivity contribution in [3.63, 3.8) is 0 Å². The summed E-state index contributed by atoms with van der Waals surface area (Å²) in [4.78, 5) is 32.7. The second-order valence-electron chi connectivity index (χ2n) is 3.01. The molecule has 1 saturated heterocycles. The molecule has 3 N–H and O–H groups in total. The first-order valence-corrected chi connectivity index (χ1v) is 4.36. The lowest BCUT2D eigenvalue weighted by Gasteiger charge is -2.21. The highest BCUT2D eigenvalue weighted by Gasteiger charge is 2.34. The van der Waals surface area contributed by atoms with E-state index in [2.05, 4.69) is 5.73 Å². The molecule has 4 amide bonds. The van der Waals surface area contributed by atoms with E-state index >= 15 is 0 Å². The molecule has 0 aliphatic carbocycles. The lowest BCUT2D eigenvalue weighted by molar-refractivity contribution is -0.275. The number of halogens is 4. The highest BCUT2D eigenvalue weighted by molar-refractivity contribution is 6.50. The number of urea groups is 1. The fourth-order valence-electron chi connectivity index (χ4n) is 1.01. The van der Waals surface area contributed by atoms with Gasteiger partial charge in [0.05, 0.1) is 0 Å². The van der Waals surface area contributed by atoms with Gasteiger partial charge in [-0.2, -0.15) is 10.0 Å². The quantitative estimate of drug-likeness (QED) is 0.396. The summed E-state index contributed by atoms with van der Waals surface area (Å²) < 4.78 is 39.0. The van der Waals surface area contributed by atoms with E-state index in [0.29, 0.717) is 0 Å². The average molecular weight is 259 g/mol. The van der Waals surface area contributed by atoms with Crippen LogP contribution in [0.25, 0.3) is 0 Å². The van der Waals surface area contributed by atoms with E-state index in [1.165, 1.54) is 7.05 Å². The minimum absolute atomic E-state index is 0.177. The first-order chi connectivity index (χ1) is 7.54. The lowest BCUT2D eigenvalue weighted by Crippen LogP contribution is -2.67. The van der Waals surface area contributed by atoms with Gasteiger partial charge < -0.3 is 17.3 Å². The van der Waals surface area contributed by atoms with Crippen LogP contribution in [0.5, 0.6) is 0 Å². The molecule has 0 radical (unpaired) electrons. The van der Waals surface area contributed by atoms with Gasteiger partial charge in [-0.25, -0.2) is 4.79 Å². The molecule has 1 aliphatic rings. The summed E-state index contributed by atoms with van der Waals surface area (Å²) in [5.74, 6) is -0.695. The normalized spacial score (nSPS) is 15.5. The van der Waals surface area contributed by atoms with Crippen molar-refractivity contribution in [3.8, 4) is 0 Å². The molecule has 17 heavy (non-hydrogen) atoms. The molecule has 1 heterocycles. The first-order valence-electron chi connectivity index (χ1n) is 4.36. The van der Waals surface area contributed by atoms with Crippen molar-refractivity contribution in [2.24, 2.45) is 0 Å². The Morgan fingerprint density at radius 2 is 1.53 bits per heavy atom. The summed E-state index contributed by atoms with van der Waals surface area (Å²) in [5, 5.41) is 1.76. The van der Waals surface area contributed by atoms with E-state index in [4.69, 9.17) is 0 Å². The van der Waals surface area contributed by atoms with Gasteiger partial charge in [0, 0.05) is 19.9 Å². The number of quaternary nitrogens is 1. The van der Waals surface area contributed by atoms with Crippen molar-refractivity contribution in [1.29, 1.82) is 0 Å². The molecule has 11 heteroatoms. The second-order valence-corrected chi connectivity index (χ2v) is 3.01. The number of carbonyl (C=O) groups is 3. The summed E-state index contributed by atoms with van der Waals surface area (Å²) in [7, 11) is -4.66. The minimum Gasteiger partial charge on any atom is -0.418 e. The molecule has 1 aliphatic heterocycles. The van der Waals surface area contributed by atoms with Crippen LogP contribution in [0.2, 0.25) is 0 Å². The lowest BCUT2D eigenvalue weighted by atomic mass is 10.3. The van der Waals surface area contributed by atoms with Crippen molar-refractivity contribution in [3.05, 3.63) is 0 Å². The molecule has 1 fully saturated rings. The summed E-state index contributed by atoms with van der Waals surface area (Å²) >= 11 is 0. The maximum absolute atomic E-state index is 11.0. The van der Waals surface area contributed by atoms with Gasteiger partial charge in [-0.15, -0.1) is 0 Å². The topological polar surface area (TPSA) is 85.3 Å². The van der Waals surface area contributed by atoms with Crippen molar-refractivity contribution in [2.45, 2.75) is 12.8 Å². The maximum atomic E-state index is 11.0. The van der Waals surface area contributed by atoms with Crippen LogP contribution < -0.4 is 5.73 Å². The van der Waals surface area contributed by atoms with Gasteiger partial charge in [-0.3, -0.25) is 15.3 Å². The molecule has 0 atom stereocenters. The number of nitrogens with zero attached hydrogens (tertiary/aromatic N) is 2. The summed E-state index contributed by atoms with van der Waals surface area (Å²) in [6.45, 7) is 0. The average Bonchev–Trinajstić information content (AvgIpc) is 2.42. The minimum atomic E-state index is -6.00. The number of carbonyl (C=O) groups excluding carboxylic acids is 3. The van der Waals surface area contributed by atoms with Gasteiger partial charge in [0.15, 0.2) is 0 Å². The Morgan fingerprint density at radius 3 is 1.76 bits per heavy atom. The van der Waals surface area contributed by atoms with Crippen LogP contribution in [-0.2, 0) is 9.59 Å². The molecular weight excluding hydrogens is 249 g/mol. The number of hydrazine groups is 1. The van der Waals surface area contributed by atoms with Crippen molar-refractivity contribution in [1.82, 2.24) is 10.0 Å². The molecule has 0 aromatic carbocycles. The third kappa shape index (κ3) is 5.85.